The number of hydrogen-bond donors (Lipinski definition) is 1. The molecule has 40 heavy (non-hydrogen) atoms. The molecule has 4 heterocycles. The number of nitrogens with zero attached hydrogens (tertiary/aromatic N) is 3. The number of carbonyl (C=O) groups is 2. The highest BCUT2D eigenvalue weighted by molar-refractivity contribution is 7.17. The van der Waals surface area contributed by atoms with Crippen molar-refractivity contribution in [1.29, 1.82) is 0 Å². The molecule has 4 aromatic rings. The van der Waals surface area contributed by atoms with Crippen LogP contribution in [0.3, 0.4) is 0 Å². The first-order chi connectivity index (χ1) is 19.5. The molecule has 2 aliphatic heterocycles. The van der Waals surface area contributed by atoms with E-state index in [1.165, 1.54) is 17.4 Å². The number of para-hydroxylation sites is 2. The van der Waals surface area contributed by atoms with Crippen LogP contribution in [-0.2, 0) is 11.2 Å². The summed E-state index contributed by atoms with van der Waals surface area (Å²) in [5, 5.41) is 2.73. The predicted molar refractivity (Wildman–Crippen MR) is 156 cm³/mol. The molecule has 0 bridgehead atoms. The first-order valence-corrected chi connectivity index (χ1v) is 14.0. The van der Waals surface area contributed by atoms with E-state index in [1.54, 1.807) is 42.2 Å². The number of aliphatic imine (C=N–C) groups is 1. The van der Waals surface area contributed by atoms with E-state index in [1.807, 2.05) is 36.5 Å². The Bertz CT molecular complexity index is 1610. The van der Waals surface area contributed by atoms with Crippen LogP contribution in [0.15, 0.2) is 71.7 Å². The predicted octanol–water partition coefficient (Wildman–Crippen LogP) is 6.45. The van der Waals surface area contributed by atoms with Crippen LogP contribution in [0.1, 0.15) is 37.7 Å². The molecule has 1 atom stereocenters. The third-order valence-electron chi connectivity index (χ3n) is 7.12. The number of thiophene rings is 1. The van der Waals surface area contributed by atoms with E-state index in [0.29, 0.717) is 41.5 Å². The van der Waals surface area contributed by atoms with Gasteiger partial charge in [-0.3, -0.25) is 9.59 Å². The Morgan fingerprint density at radius 3 is 2.83 bits per heavy atom. The third kappa shape index (κ3) is 5.17. The number of aryl methyl sites for hydroxylation is 1. The number of hydrogen-bond acceptors (Lipinski definition) is 6. The molecule has 2 amide bonds. The van der Waals surface area contributed by atoms with E-state index in [-0.39, 0.29) is 23.4 Å². The maximum absolute atomic E-state index is 14.3. The molecule has 1 unspecified atom stereocenters. The zero-order chi connectivity index (χ0) is 27.6. The van der Waals surface area contributed by atoms with Gasteiger partial charge in [-0.25, -0.2) is 14.4 Å². The number of pyridine rings is 1. The van der Waals surface area contributed by atoms with E-state index in [0.717, 1.165) is 34.7 Å². The lowest BCUT2D eigenvalue weighted by molar-refractivity contribution is 0.0981. The SMILES string of the molecule is Cc1cccc(F)c1NC(=O)c1cc2c(s1)-c1ccccc1N(C(=O)c1cccc(/N=C/C3CCOC3)n1)CC2. The van der Waals surface area contributed by atoms with Gasteiger partial charge in [0.2, 0.25) is 0 Å². The summed E-state index contributed by atoms with van der Waals surface area (Å²) in [6.45, 7) is 3.57. The molecule has 0 radical (unpaired) electrons. The molecule has 2 aromatic carbocycles. The minimum atomic E-state index is -0.470. The molecule has 0 spiro atoms. The summed E-state index contributed by atoms with van der Waals surface area (Å²) in [6, 6.07) is 19.5. The molecule has 1 N–H and O–H groups in total. The average Bonchev–Trinajstić information content (AvgIpc) is 3.62. The van der Waals surface area contributed by atoms with Gasteiger partial charge in [0.05, 0.1) is 22.9 Å². The molecular formula is C31H27FN4O3S. The van der Waals surface area contributed by atoms with Crippen molar-refractivity contribution in [2.24, 2.45) is 10.9 Å². The molecule has 0 aliphatic carbocycles. The van der Waals surface area contributed by atoms with Gasteiger partial charge in [-0.05, 0) is 61.2 Å². The summed E-state index contributed by atoms with van der Waals surface area (Å²) < 4.78 is 19.7. The molecule has 0 saturated carbocycles. The minimum Gasteiger partial charge on any atom is -0.381 e. The van der Waals surface area contributed by atoms with E-state index >= 15 is 0 Å². The van der Waals surface area contributed by atoms with E-state index in [2.05, 4.69) is 15.3 Å². The topological polar surface area (TPSA) is 83.9 Å². The maximum Gasteiger partial charge on any atom is 0.276 e. The molecule has 2 aliphatic rings. The number of ether oxygens (including phenoxy) is 1. The van der Waals surface area contributed by atoms with Crippen molar-refractivity contribution >= 4 is 46.6 Å². The van der Waals surface area contributed by atoms with Gasteiger partial charge in [-0.1, -0.05) is 36.4 Å². The summed E-state index contributed by atoms with van der Waals surface area (Å²) in [4.78, 5) is 39.0. The summed E-state index contributed by atoms with van der Waals surface area (Å²) in [6.07, 6.45) is 3.34. The van der Waals surface area contributed by atoms with Gasteiger partial charge in [0, 0.05) is 35.7 Å². The van der Waals surface area contributed by atoms with Crippen LogP contribution in [0.2, 0.25) is 0 Å². The maximum atomic E-state index is 14.3. The van der Waals surface area contributed by atoms with Crippen molar-refractivity contribution in [1.82, 2.24) is 4.98 Å². The van der Waals surface area contributed by atoms with E-state index in [4.69, 9.17) is 4.74 Å². The normalized spacial score (nSPS) is 16.4. The Labute approximate surface area is 235 Å². The van der Waals surface area contributed by atoms with Crippen LogP contribution in [-0.4, -0.2) is 42.8 Å². The van der Waals surface area contributed by atoms with Gasteiger partial charge < -0.3 is 15.0 Å². The largest absolute Gasteiger partial charge is 0.381 e. The fraction of sp³-hybridized carbons (Fsp3) is 0.226. The second-order valence-electron chi connectivity index (χ2n) is 9.86. The number of fused-ring (bicyclic) bond motifs is 3. The van der Waals surface area contributed by atoms with Crippen molar-refractivity contribution in [3.8, 4) is 10.4 Å². The lowest BCUT2D eigenvalue weighted by Gasteiger charge is -2.22. The van der Waals surface area contributed by atoms with Crippen LogP contribution in [0.4, 0.5) is 21.6 Å². The van der Waals surface area contributed by atoms with E-state index < -0.39 is 5.82 Å². The van der Waals surface area contributed by atoms with Crippen molar-refractivity contribution in [3.05, 3.63) is 94.2 Å². The summed E-state index contributed by atoms with van der Waals surface area (Å²) in [5.41, 5.74) is 3.74. The highest BCUT2D eigenvalue weighted by Gasteiger charge is 2.28. The van der Waals surface area contributed by atoms with Crippen molar-refractivity contribution in [2.45, 2.75) is 19.8 Å². The van der Waals surface area contributed by atoms with Crippen LogP contribution < -0.4 is 10.2 Å². The summed E-state index contributed by atoms with van der Waals surface area (Å²) >= 11 is 1.34. The first kappa shape index (κ1) is 26.0. The highest BCUT2D eigenvalue weighted by Crippen LogP contribution is 2.42. The fourth-order valence-electron chi connectivity index (χ4n) is 4.99. The minimum absolute atomic E-state index is 0.184. The smallest absolute Gasteiger partial charge is 0.276 e. The molecule has 202 valence electrons. The number of rotatable bonds is 5. The quantitative estimate of drug-likeness (QED) is 0.287. The average molecular weight is 555 g/mol. The number of benzene rings is 2. The highest BCUT2D eigenvalue weighted by atomic mass is 32.1. The number of anilines is 2. The molecule has 1 fully saturated rings. The molecule has 7 nitrogen and oxygen atoms in total. The Balaban J connectivity index is 1.27. The van der Waals surface area contributed by atoms with Crippen LogP contribution in [0.25, 0.3) is 10.4 Å². The zero-order valence-electron chi connectivity index (χ0n) is 21.9. The monoisotopic (exact) mass is 554 g/mol. The lowest BCUT2D eigenvalue weighted by Crippen LogP contribution is -2.33. The first-order valence-electron chi connectivity index (χ1n) is 13.2. The lowest BCUT2D eigenvalue weighted by atomic mass is 10.1. The number of nitrogens with one attached hydrogen (secondary N) is 1. The summed E-state index contributed by atoms with van der Waals surface area (Å²) in [7, 11) is 0. The number of halogens is 1. The Morgan fingerprint density at radius 1 is 1.15 bits per heavy atom. The van der Waals surface area contributed by atoms with Gasteiger partial charge in [0.25, 0.3) is 11.8 Å². The molecule has 9 heteroatoms. The third-order valence-corrected chi connectivity index (χ3v) is 8.33. The Kier molecular flexibility index (Phi) is 7.23. The Hall–Kier alpha value is -4.21. The van der Waals surface area contributed by atoms with Crippen LogP contribution in [0.5, 0.6) is 0 Å². The second kappa shape index (κ2) is 11.1. The summed E-state index contributed by atoms with van der Waals surface area (Å²) in [5.74, 6) is -0.290. The van der Waals surface area contributed by atoms with E-state index in [9.17, 15) is 14.0 Å². The fourth-order valence-corrected chi connectivity index (χ4v) is 6.13. The Morgan fingerprint density at radius 2 is 2.00 bits per heavy atom. The van der Waals surface area contributed by atoms with Crippen LogP contribution >= 0.6 is 11.3 Å². The zero-order valence-corrected chi connectivity index (χ0v) is 22.7. The van der Waals surface area contributed by atoms with Gasteiger partial charge >= 0.3 is 0 Å². The second-order valence-corrected chi connectivity index (χ2v) is 10.9. The van der Waals surface area contributed by atoms with Crippen LogP contribution in [0, 0.1) is 18.7 Å². The standard InChI is InChI=1S/C31H27FN4O3S/c1-19-6-4-8-23(32)28(19)35-30(37)26-16-21-12-14-36(25-10-3-2-7-22(25)29(21)40-26)31(38)24-9-5-11-27(34-24)33-17-20-13-15-39-18-20/h2-11,16-17,20H,12-15,18H2,1H3,(H,35,37)/b33-17+. The van der Waals surface area contributed by atoms with Crippen molar-refractivity contribution < 1.29 is 18.7 Å². The molecular weight excluding hydrogens is 527 g/mol. The van der Waals surface area contributed by atoms with Gasteiger partial charge in [0.15, 0.2) is 5.82 Å². The number of aromatic nitrogens is 1. The molecule has 2 aromatic heterocycles. The number of carbonyl (C=O) groups excluding carboxylic acids is 2. The van der Waals surface area contributed by atoms with Gasteiger partial charge in [-0.15, -0.1) is 11.3 Å². The molecule has 6 rings (SSSR count). The van der Waals surface area contributed by atoms with Crippen molar-refractivity contribution in [2.75, 3.05) is 30.0 Å². The van der Waals surface area contributed by atoms with Gasteiger partial charge in [-0.2, -0.15) is 0 Å². The number of amides is 2. The van der Waals surface area contributed by atoms with Gasteiger partial charge in [0.1, 0.15) is 11.5 Å². The van der Waals surface area contributed by atoms with Crippen molar-refractivity contribution in [3.63, 3.8) is 0 Å². The molecule has 1 saturated heterocycles.